The highest BCUT2D eigenvalue weighted by Crippen LogP contribution is 2.34. The summed E-state index contributed by atoms with van der Waals surface area (Å²) in [7, 11) is 2.16. The third kappa shape index (κ3) is 5.79. The van der Waals surface area contributed by atoms with Gasteiger partial charge in [0.25, 0.3) is 0 Å². The molecule has 0 aliphatic carbocycles. The summed E-state index contributed by atoms with van der Waals surface area (Å²) in [5, 5.41) is 15.8. The molecule has 0 saturated carbocycles. The summed E-state index contributed by atoms with van der Waals surface area (Å²) >= 11 is 0. The van der Waals surface area contributed by atoms with E-state index in [1.54, 1.807) is 0 Å². The van der Waals surface area contributed by atoms with Crippen LogP contribution in [-0.4, -0.2) is 52.2 Å². The van der Waals surface area contributed by atoms with E-state index in [1.807, 2.05) is 18.5 Å². The molecule has 0 aromatic carbocycles. The molecule has 0 radical (unpaired) electrons. The number of hydrogen-bond acceptors (Lipinski definition) is 5. The monoisotopic (exact) mass is 309 g/mol. The molecule has 2 rings (SSSR count). The zero-order chi connectivity index (χ0) is 16.5. The molecule has 1 aliphatic rings. The standard InChI is InChI=1S/C11H17N3.C4H6O4/c1-14-6-4-9(7-12)11(14)10-3-2-5-13-8-10;5-3(6)1-2-4(7)8/h2-3,5,8-9,11H,4,6-7,12H2,1H3;1-2H2,(H,5,6)(H,7,8)/t9-,11+;/m1./s1. The van der Waals surface area contributed by atoms with Crippen molar-refractivity contribution < 1.29 is 19.8 Å². The van der Waals surface area contributed by atoms with Crippen molar-refractivity contribution in [1.82, 2.24) is 9.88 Å². The van der Waals surface area contributed by atoms with E-state index >= 15 is 0 Å². The first-order valence-electron chi connectivity index (χ1n) is 7.19. The minimum Gasteiger partial charge on any atom is -0.481 e. The molecule has 1 fully saturated rings. The van der Waals surface area contributed by atoms with Crippen molar-refractivity contribution in [2.45, 2.75) is 25.3 Å². The van der Waals surface area contributed by atoms with E-state index in [0.717, 1.165) is 13.1 Å². The lowest BCUT2D eigenvalue weighted by Gasteiger charge is -2.24. The molecular weight excluding hydrogens is 286 g/mol. The van der Waals surface area contributed by atoms with Gasteiger partial charge < -0.3 is 15.9 Å². The first-order chi connectivity index (χ1) is 10.5. The average Bonchev–Trinajstić information content (AvgIpc) is 2.87. The van der Waals surface area contributed by atoms with Crippen molar-refractivity contribution in [2.75, 3.05) is 20.1 Å². The van der Waals surface area contributed by atoms with Crippen LogP contribution in [0.4, 0.5) is 0 Å². The minimum atomic E-state index is -1.08. The number of hydrogen-bond donors (Lipinski definition) is 3. The molecule has 122 valence electrons. The Hall–Kier alpha value is -1.99. The fourth-order valence-corrected chi connectivity index (χ4v) is 2.56. The van der Waals surface area contributed by atoms with E-state index in [0.29, 0.717) is 12.0 Å². The summed E-state index contributed by atoms with van der Waals surface area (Å²) in [6.07, 6.45) is 4.38. The van der Waals surface area contributed by atoms with Crippen LogP contribution in [0.3, 0.4) is 0 Å². The van der Waals surface area contributed by atoms with Gasteiger partial charge in [-0.1, -0.05) is 6.07 Å². The number of carboxylic acid groups (broad SMARTS) is 2. The van der Waals surface area contributed by atoms with Gasteiger partial charge in [0.15, 0.2) is 0 Å². The van der Waals surface area contributed by atoms with E-state index in [2.05, 4.69) is 23.0 Å². The maximum Gasteiger partial charge on any atom is 0.303 e. The number of aliphatic carboxylic acids is 2. The van der Waals surface area contributed by atoms with Gasteiger partial charge in [0.05, 0.1) is 12.8 Å². The van der Waals surface area contributed by atoms with Gasteiger partial charge in [0.1, 0.15) is 0 Å². The zero-order valence-corrected chi connectivity index (χ0v) is 12.7. The molecule has 7 nitrogen and oxygen atoms in total. The van der Waals surface area contributed by atoms with Crippen molar-refractivity contribution in [3.8, 4) is 0 Å². The van der Waals surface area contributed by atoms with Gasteiger partial charge >= 0.3 is 11.9 Å². The quantitative estimate of drug-likeness (QED) is 0.742. The second kappa shape index (κ2) is 9.11. The molecule has 0 unspecified atom stereocenters. The van der Waals surface area contributed by atoms with Gasteiger partial charge in [0, 0.05) is 18.4 Å². The average molecular weight is 309 g/mol. The van der Waals surface area contributed by atoms with Gasteiger partial charge in [-0.2, -0.15) is 0 Å². The van der Waals surface area contributed by atoms with E-state index in [-0.39, 0.29) is 12.8 Å². The normalized spacial score (nSPS) is 21.0. The third-order valence-electron chi connectivity index (χ3n) is 3.66. The Bertz CT molecular complexity index is 467. The Kier molecular flexibility index (Phi) is 7.48. The van der Waals surface area contributed by atoms with E-state index < -0.39 is 11.9 Å². The highest BCUT2D eigenvalue weighted by Gasteiger charge is 2.31. The summed E-state index contributed by atoms with van der Waals surface area (Å²) in [4.78, 5) is 25.8. The van der Waals surface area contributed by atoms with Gasteiger partial charge in [-0.25, -0.2) is 0 Å². The minimum absolute atomic E-state index is 0.296. The van der Waals surface area contributed by atoms with Crippen LogP contribution >= 0.6 is 0 Å². The summed E-state index contributed by atoms with van der Waals surface area (Å²) in [5.74, 6) is -1.57. The van der Waals surface area contributed by atoms with E-state index in [1.165, 1.54) is 12.0 Å². The lowest BCUT2D eigenvalue weighted by Crippen LogP contribution is -2.25. The number of likely N-dealkylation sites (tertiary alicyclic amines) is 1. The number of carboxylic acids is 2. The molecule has 1 aromatic heterocycles. The number of nitrogens with two attached hydrogens (primary N) is 1. The predicted molar refractivity (Wildman–Crippen MR) is 81.3 cm³/mol. The Balaban J connectivity index is 0.000000261. The topological polar surface area (TPSA) is 117 Å². The summed E-state index contributed by atoms with van der Waals surface area (Å²) in [6, 6.07) is 4.60. The van der Waals surface area contributed by atoms with Crippen LogP contribution in [0, 0.1) is 5.92 Å². The van der Waals surface area contributed by atoms with E-state index in [4.69, 9.17) is 15.9 Å². The molecular formula is C15H23N3O4. The Morgan fingerprint density at radius 3 is 2.45 bits per heavy atom. The van der Waals surface area contributed by atoms with Crippen LogP contribution in [0.1, 0.15) is 30.9 Å². The van der Waals surface area contributed by atoms with Crippen LogP contribution in [0.15, 0.2) is 24.5 Å². The maximum atomic E-state index is 9.64. The van der Waals surface area contributed by atoms with Crippen molar-refractivity contribution in [3.05, 3.63) is 30.1 Å². The summed E-state index contributed by atoms with van der Waals surface area (Å²) in [5.41, 5.74) is 7.07. The maximum absolute atomic E-state index is 9.64. The molecule has 2 atom stereocenters. The summed E-state index contributed by atoms with van der Waals surface area (Å²) in [6.45, 7) is 1.91. The Morgan fingerprint density at radius 2 is 2.00 bits per heavy atom. The van der Waals surface area contributed by atoms with Gasteiger partial charge in [-0.3, -0.25) is 19.5 Å². The Labute approximate surface area is 129 Å². The highest BCUT2D eigenvalue weighted by atomic mass is 16.4. The number of carbonyl (C=O) groups is 2. The molecule has 1 aliphatic heterocycles. The van der Waals surface area contributed by atoms with Crippen LogP contribution < -0.4 is 5.73 Å². The van der Waals surface area contributed by atoms with Gasteiger partial charge in [-0.05, 0) is 44.1 Å². The highest BCUT2D eigenvalue weighted by molar-refractivity contribution is 5.75. The number of aromatic nitrogens is 1. The van der Waals surface area contributed by atoms with Gasteiger partial charge in [0.2, 0.25) is 0 Å². The fraction of sp³-hybridized carbons (Fsp3) is 0.533. The van der Waals surface area contributed by atoms with Crippen LogP contribution in [0.25, 0.3) is 0 Å². The predicted octanol–water partition coefficient (Wildman–Crippen LogP) is 0.969. The van der Waals surface area contributed by atoms with E-state index in [9.17, 15) is 9.59 Å². The number of rotatable bonds is 5. The lowest BCUT2D eigenvalue weighted by atomic mass is 9.95. The third-order valence-corrected chi connectivity index (χ3v) is 3.66. The van der Waals surface area contributed by atoms with Crippen molar-refractivity contribution in [2.24, 2.45) is 11.7 Å². The number of pyridine rings is 1. The summed E-state index contributed by atoms with van der Waals surface area (Å²) < 4.78 is 0. The van der Waals surface area contributed by atoms with Gasteiger partial charge in [-0.15, -0.1) is 0 Å². The molecule has 1 aromatic rings. The van der Waals surface area contributed by atoms with Crippen molar-refractivity contribution in [3.63, 3.8) is 0 Å². The molecule has 2 heterocycles. The first-order valence-corrected chi connectivity index (χ1v) is 7.19. The second-order valence-electron chi connectivity index (χ2n) is 5.28. The molecule has 22 heavy (non-hydrogen) atoms. The van der Waals surface area contributed by atoms with Crippen molar-refractivity contribution >= 4 is 11.9 Å². The molecule has 1 saturated heterocycles. The smallest absolute Gasteiger partial charge is 0.303 e. The molecule has 7 heteroatoms. The molecule has 4 N–H and O–H groups in total. The lowest BCUT2D eigenvalue weighted by molar-refractivity contribution is -0.143. The first kappa shape index (κ1) is 18.1. The van der Waals surface area contributed by atoms with Crippen LogP contribution in [0.2, 0.25) is 0 Å². The molecule has 0 bridgehead atoms. The second-order valence-corrected chi connectivity index (χ2v) is 5.28. The zero-order valence-electron chi connectivity index (χ0n) is 12.7. The van der Waals surface area contributed by atoms with Crippen LogP contribution in [0.5, 0.6) is 0 Å². The molecule has 0 spiro atoms. The van der Waals surface area contributed by atoms with Crippen molar-refractivity contribution in [1.29, 1.82) is 0 Å². The largest absolute Gasteiger partial charge is 0.481 e. The molecule has 0 amide bonds. The number of nitrogens with zero attached hydrogens (tertiary/aromatic N) is 2. The SMILES string of the molecule is CN1CC[C@H](CN)[C@H]1c1cccnc1.O=C(O)CCC(=O)O. The van der Waals surface area contributed by atoms with Crippen LogP contribution in [-0.2, 0) is 9.59 Å². The fourth-order valence-electron chi connectivity index (χ4n) is 2.56. The Morgan fingerprint density at radius 1 is 1.36 bits per heavy atom.